The number of benzene rings is 1. The van der Waals surface area contributed by atoms with Crippen LogP contribution in [0.3, 0.4) is 0 Å². The second-order valence-electron chi connectivity index (χ2n) is 6.38. The zero-order valence-electron chi connectivity index (χ0n) is 13.2. The lowest BCUT2D eigenvalue weighted by atomic mass is 10.0. The predicted molar refractivity (Wildman–Crippen MR) is 85.2 cm³/mol. The molecule has 1 heterocycles. The Balaban J connectivity index is 1.66. The van der Waals surface area contributed by atoms with Crippen LogP contribution < -0.4 is 5.32 Å². The molecule has 1 atom stereocenters. The molecule has 2 fully saturated rings. The quantitative estimate of drug-likeness (QED) is 0.877. The van der Waals surface area contributed by atoms with Crippen molar-refractivity contribution in [2.24, 2.45) is 0 Å². The number of rotatable bonds is 6. The molecule has 2 aliphatic rings. The summed E-state index contributed by atoms with van der Waals surface area (Å²) in [6, 6.07) is 8.70. The van der Waals surface area contributed by atoms with Gasteiger partial charge >= 0.3 is 0 Å². The summed E-state index contributed by atoms with van der Waals surface area (Å²) in [6.45, 7) is 2.76. The maximum absolute atomic E-state index is 12.2. The minimum atomic E-state index is 0.0520. The molecule has 0 aromatic heterocycles. The van der Waals surface area contributed by atoms with Crippen LogP contribution >= 0.6 is 0 Å². The molecule has 4 nitrogen and oxygen atoms in total. The molecule has 1 unspecified atom stereocenters. The number of nitrogens with one attached hydrogen (secondary N) is 1. The van der Waals surface area contributed by atoms with E-state index in [9.17, 15) is 9.59 Å². The fourth-order valence-corrected chi connectivity index (χ4v) is 3.19. The molecule has 3 rings (SSSR count). The third-order valence-corrected chi connectivity index (χ3v) is 4.66. The van der Waals surface area contributed by atoms with Gasteiger partial charge in [0.2, 0.25) is 11.8 Å². The first-order valence-electron chi connectivity index (χ1n) is 8.33. The van der Waals surface area contributed by atoms with E-state index in [1.807, 2.05) is 17.0 Å². The molecule has 4 heteroatoms. The Kier molecular flexibility index (Phi) is 4.46. The van der Waals surface area contributed by atoms with E-state index in [-0.39, 0.29) is 17.9 Å². The molecule has 22 heavy (non-hydrogen) atoms. The summed E-state index contributed by atoms with van der Waals surface area (Å²) < 4.78 is 0. The molecule has 1 aliphatic heterocycles. The Hall–Kier alpha value is -1.84. The van der Waals surface area contributed by atoms with Gasteiger partial charge in [-0.1, -0.05) is 31.2 Å². The fraction of sp³-hybridized carbons (Fsp3) is 0.556. The second-order valence-corrected chi connectivity index (χ2v) is 6.38. The average molecular weight is 300 g/mol. The lowest BCUT2D eigenvalue weighted by molar-refractivity contribution is -0.130. The van der Waals surface area contributed by atoms with Crippen molar-refractivity contribution in [1.29, 1.82) is 0 Å². The fourth-order valence-electron chi connectivity index (χ4n) is 3.19. The summed E-state index contributed by atoms with van der Waals surface area (Å²) in [5.41, 5.74) is 2.48. The zero-order chi connectivity index (χ0) is 15.5. The first-order chi connectivity index (χ1) is 10.7. The van der Waals surface area contributed by atoms with Gasteiger partial charge in [0.15, 0.2) is 0 Å². The lowest BCUT2D eigenvalue weighted by Gasteiger charge is -2.25. The Morgan fingerprint density at radius 1 is 1.23 bits per heavy atom. The van der Waals surface area contributed by atoms with Crippen molar-refractivity contribution in [2.45, 2.75) is 64.1 Å². The first kappa shape index (κ1) is 15.1. The van der Waals surface area contributed by atoms with Crippen LogP contribution in [0.15, 0.2) is 24.3 Å². The van der Waals surface area contributed by atoms with Gasteiger partial charge in [0, 0.05) is 31.5 Å². The van der Waals surface area contributed by atoms with E-state index >= 15 is 0 Å². The van der Waals surface area contributed by atoms with Crippen molar-refractivity contribution in [2.75, 3.05) is 0 Å². The third kappa shape index (κ3) is 3.49. The Morgan fingerprint density at radius 2 is 1.95 bits per heavy atom. The molecule has 1 N–H and O–H groups in total. The van der Waals surface area contributed by atoms with Gasteiger partial charge in [0.05, 0.1) is 0 Å². The molecule has 2 amide bonds. The number of carbonyl (C=O) groups is 2. The largest absolute Gasteiger partial charge is 0.353 e. The minimum Gasteiger partial charge on any atom is -0.353 e. The highest BCUT2D eigenvalue weighted by atomic mass is 16.2. The van der Waals surface area contributed by atoms with Crippen molar-refractivity contribution < 1.29 is 9.59 Å². The average Bonchev–Trinajstić information content (AvgIpc) is 3.27. The van der Waals surface area contributed by atoms with Crippen LogP contribution in [-0.2, 0) is 22.6 Å². The van der Waals surface area contributed by atoms with Crippen LogP contribution in [0.5, 0.6) is 0 Å². The smallest absolute Gasteiger partial charge is 0.223 e. The van der Waals surface area contributed by atoms with Gasteiger partial charge in [0.1, 0.15) is 0 Å². The number of hydrogen-bond acceptors (Lipinski definition) is 2. The van der Waals surface area contributed by atoms with E-state index in [1.54, 1.807) is 0 Å². The summed E-state index contributed by atoms with van der Waals surface area (Å²) in [5.74, 6) is 0.270. The van der Waals surface area contributed by atoms with Gasteiger partial charge in [-0.25, -0.2) is 0 Å². The number of hydrogen-bond donors (Lipinski definition) is 1. The second kappa shape index (κ2) is 6.51. The maximum Gasteiger partial charge on any atom is 0.223 e. The molecular weight excluding hydrogens is 276 g/mol. The number of carbonyl (C=O) groups excluding carboxylic acids is 2. The maximum atomic E-state index is 12.2. The standard InChI is InChI=1S/C18H24N2O2/c1-2-13-5-3-4-6-14(13)12-20-16(9-10-18(20)22)11-17(21)19-15-7-8-15/h3-6,15-16H,2,7-12H2,1H3,(H,19,21). The summed E-state index contributed by atoms with van der Waals surface area (Å²) in [5, 5.41) is 3.03. The molecule has 0 bridgehead atoms. The molecule has 118 valence electrons. The normalized spacial score (nSPS) is 21.2. The monoisotopic (exact) mass is 300 g/mol. The van der Waals surface area contributed by atoms with Crippen molar-refractivity contribution >= 4 is 11.8 Å². The van der Waals surface area contributed by atoms with E-state index in [0.29, 0.717) is 25.4 Å². The van der Waals surface area contributed by atoms with Crippen LogP contribution in [0.1, 0.15) is 50.2 Å². The van der Waals surface area contributed by atoms with Gasteiger partial charge in [-0.15, -0.1) is 0 Å². The Bertz CT molecular complexity index is 566. The molecule has 1 saturated heterocycles. The number of amides is 2. The number of likely N-dealkylation sites (tertiary alicyclic amines) is 1. The molecule has 1 aromatic rings. The van der Waals surface area contributed by atoms with Gasteiger partial charge in [0.25, 0.3) is 0 Å². The van der Waals surface area contributed by atoms with Crippen molar-refractivity contribution in [1.82, 2.24) is 10.2 Å². The highest BCUT2D eigenvalue weighted by Crippen LogP contribution is 2.26. The van der Waals surface area contributed by atoms with E-state index in [1.165, 1.54) is 11.1 Å². The van der Waals surface area contributed by atoms with Crippen molar-refractivity contribution in [3.8, 4) is 0 Å². The van der Waals surface area contributed by atoms with Gasteiger partial charge in [-0.05, 0) is 36.8 Å². The topological polar surface area (TPSA) is 49.4 Å². The Labute approximate surface area is 131 Å². The van der Waals surface area contributed by atoms with Gasteiger partial charge in [-0.3, -0.25) is 9.59 Å². The number of nitrogens with zero attached hydrogens (tertiary/aromatic N) is 1. The third-order valence-electron chi connectivity index (χ3n) is 4.66. The molecular formula is C18H24N2O2. The van der Waals surface area contributed by atoms with Crippen molar-refractivity contribution in [3.05, 3.63) is 35.4 Å². The SMILES string of the molecule is CCc1ccccc1CN1C(=O)CCC1CC(=O)NC1CC1. The van der Waals surface area contributed by atoms with Crippen molar-refractivity contribution in [3.63, 3.8) is 0 Å². The van der Waals surface area contributed by atoms with Crippen LogP contribution in [0.4, 0.5) is 0 Å². The molecule has 1 saturated carbocycles. The molecule has 1 aliphatic carbocycles. The molecule has 1 aromatic carbocycles. The summed E-state index contributed by atoms with van der Waals surface area (Å²) in [4.78, 5) is 26.1. The summed E-state index contributed by atoms with van der Waals surface area (Å²) in [7, 11) is 0. The molecule has 0 spiro atoms. The van der Waals surface area contributed by atoms with E-state index < -0.39 is 0 Å². The highest BCUT2D eigenvalue weighted by Gasteiger charge is 2.33. The van der Waals surface area contributed by atoms with Crippen LogP contribution in [0, 0.1) is 0 Å². The number of aryl methyl sites for hydroxylation is 1. The Morgan fingerprint density at radius 3 is 2.64 bits per heavy atom. The molecule has 0 radical (unpaired) electrons. The van der Waals surface area contributed by atoms with E-state index in [2.05, 4.69) is 24.4 Å². The van der Waals surface area contributed by atoms with E-state index in [0.717, 1.165) is 25.7 Å². The van der Waals surface area contributed by atoms with Crippen LogP contribution in [-0.4, -0.2) is 28.8 Å². The predicted octanol–water partition coefficient (Wildman–Crippen LogP) is 2.41. The van der Waals surface area contributed by atoms with Crippen LogP contribution in [0.25, 0.3) is 0 Å². The minimum absolute atomic E-state index is 0.0520. The highest BCUT2D eigenvalue weighted by molar-refractivity contribution is 5.82. The van der Waals surface area contributed by atoms with Gasteiger partial charge in [-0.2, -0.15) is 0 Å². The van der Waals surface area contributed by atoms with E-state index in [4.69, 9.17) is 0 Å². The summed E-state index contributed by atoms with van der Waals surface area (Å²) >= 11 is 0. The lowest BCUT2D eigenvalue weighted by Crippen LogP contribution is -2.37. The zero-order valence-corrected chi connectivity index (χ0v) is 13.2. The van der Waals surface area contributed by atoms with Crippen LogP contribution in [0.2, 0.25) is 0 Å². The first-order valence-corrected chi connectivity index (χ1v) is 8.33. The van der Waals surface area contributed by atoms with Gasteiger partial charge < -0.3 is 10.2 Å². The summed E-state index contributed by atoms with van der Waals surface area (Å²) in [6.07, 6.45) is 4.97.